The van der Waals surface area contributed by atoms with Gasteiger partial charge in [0, 0.05) is 25.1 Å². The highest BCUT2D eigenvalue weighted by atomic mass is 32.1. The number of para-hydroxylation sites is 1. The molecule has 11 nitrogen and oxygen atoms in total. The maximum atomic E-state index is 12.8. The molecule has 36 heavy (non-hydrogen) atoms. The molecule has 2 aliphatic rings. The Labute approximate surface area is 211 Å². The topological polar surface area (TPSA) is 152 Å². The fourth-order valence-corrected chi connectivity index (χ4v) is 4.95. The molecule has 12 heteroatoms. The molecule has 1 saturated carbocycles. The van der Waals surface area contributed by atoms with Gasteiger partial charge in [0.1, 0.15) is 9.88 Å². The fourth-order valence-electron chi connectivity index (χ4n) is 4.05. The average molecular weight is 508 g/mol. The van der Waals surface area contributed by atoms with E-state index in [9.17, 15) is 14.4 Å². The second kappa shape index (κ2) is 9.90. The molecule has 2 fully saturated rings. The lowest BCUT2D eigenvalue weighted by Crippen LogP contribution is -2.26. The molecule has 5 rings (SSSR count). The van der Waals surface area contributed by atoms with Gasteiger partial charge < -0.3 is 26.0 Å². The van der Waals surface area contributed by atoms with E-state index in [1.807, 2.05) is 11.0 Å². The zero-order valence-electron chi connectivity index (χ0n) is 19.6. The summed E-state index contributed by atoms with van der Waals surface area (Å²) in [5, 5.41) is 14.3. The lowest BCUT2D eigenvalue weighted by molar-refractivity contribution is -0.117. The van der Waals surface area contributed by atoms with Crippen LogP contribution in [0.15, 0.2) is 30.5 Å². The predicted octanol–water partition coefficient (Wildman–Crippen LogP) is 3.04. The third-order valence-electron chi connectivity index (χ3n) is 6.06. The summed E-state index contributed by atoms with van der Waals surface area (Å²) in [5.74, 6) is -0.271. The number of hydrogen-bond donors (Lipinski definition) is 3. The maximum absolute atomic E-state index is 12.8. The van der Waals surface area contributed by atoms with Crippen LogP contribution in [0.25, 0.3) is 10.6 Å². The second-order valence-electron chi connectivity index (χ2n) is 8.66. The lowest BCUT2D eigenvalue weighted by Gasteiger charge is -2.16. The van der Waals surface area contributed by atoms with Gasteiger partial charge in [0.25, 0.3) is 11.8 Å². The molecule has 3 aromatic rings. The summed E-state index contributed by atoms with van der Waals surface area (Å²) >= 11 is 1.30. The Morgan fingerprint density at radius 2 is 1.92 bits per heavy atom. The van der Waals surface area contributed by atoms with Crippen molar-refractivity contribution < 1.29 is 19.1 Å². The molecule has 2 aromatic heterocycles. The number of methoxy groups -OCH3 is 1. The van der Waals surface area contributed by atoms with Crippen LogP contribution in [0.2, 0.25) is 0 Å². The van der Waals surface area contributed by atoms with Crippen LogP contribution in [0.5, 0.6) is 5.75 Å². The smallest absolute Gasteiger partial charge is 0.271 e. The fraction of sp³-hybridized carbons (Fsp3) is 0.333. The Morgan fingerprint density at radius 3 is 2.61 bits per heavy atom. The van der Waals surface area contributed by atoms with Gasteiger partial charge in [0.05, 0.1) is 30.2 Å². The average Bonchev–Trinajstić information content (AvgIpc) is 3.36. The van der Waals surface area contributed by atoms with Crippen LogP contribution in [-0.4, -0.2) is 58.0 Å². The Hall–Kier alpha value is -4.06. The number of carbonyl (C=O) groups is 3. The molecule has 1 saturated heterocycles. The van der Waals surface area contributed by atoms with Crippen LogP contribution in [0, 0.1) is 5.92 Å². The summed E-state index contributed by atoms with van der Waals surface area (Å²) in [4.78, 5) is 43.8. The number of nitrogens with two attached hydrogens (primary N) is 1. The van der Waals surface area contributed by atoms with E-state index in [0.717, 1.165) is 38.8 Å². The quantitative estimate of drug-likeness (QED) is 0.421. The summed E-state index contributed by atoms with van der Waals surface area (Å²) in [6, 6.07) is 6.92. The Kier molecular flexibility index (Phi) is 6.51. The molecule has 0 unspecified atom stereocenters. The van der Waals surface area contributed by atoms with Gasteiger partial charge in [-0.1, -0.05) is 6.07 Å². The van der Waals surface area contributed by atoms with Gasteiger partial charge in [-0.15, -0.1) is 21.5 Å². The van der Waals surface area contributed by atoms with Crippen molar-refractivity contribution in [3.63, 3.8) is 0 Å². The number of likely N-dealkylation sites (tertiary alicyclic amines) is 1. The third kappa shape index (κ3) is 4.85. The maximum Gasteiger partial charge on any atom is 0.271 e. The van der Waals surface area contributed by atoms with E-state index in [1.165, 1.54) is 24.5 Å². The first-order valence-electron chi connectivity index (χ1n) is 11.6. The summed E-state index contributed by atoms with van der Waals surface area (Å²) in [7, 11) is 1.52. The molecule has 0 spiro atoms. The highest BCUT2D eigenvalue weighted by Crippen LogP contribution is 2.40. The molecule has 186 valence electrons. The first-order valence-corrected chi connectivity index (χ1v) is 12.4. The summed E-state index contributed by atoms with van der Waals surface area (Å²) in [5.41, 5.74) is 6.89. The monoisotopic (exact) mass is 507 g/mol. The number of nitrogens with one attached hydrogen (secondary N) is 2. The van der Waals surface area contributed by atoms with E-state index in [2.05, 4.69) is 25.8 Å². The van der Waals surface area contributed by atoms with Crippen LogP contribution in [0.4, 0.5) is 17.2 Å². The number of aromatic nitrogens is 3. The third-order valence-corrected chi connectivity index (χ3v) is 7.07. The number of primary amides is 1. The molecule has 4 N–H and O–H groups in total. The van der Waals surface area contributed by atoms with Gasteiger partial charge in [-0.05, 0) is 37.8 Å². The molecule has 0 radical (unpaired) electrons. The number of rotatable bonds is 8. The van der Waals surface area contributed by atoms with Crippen molar-refractivity contribution in [1.82, 2.24) is 20.1 Å². The zero-order valence-corrected chi connectivity index (χ0v) is 20.4. The van der Waals surface area contributed by atoms with Crippen molar-refractivity contribution in [2.24, 2.45) is 11.7 Å². The molecule has 0 bridgehead atoms. The standard InChI is InChI=1S/C24H25N7O4S/c1-35-20-14(23-26-12-17(36-23)24(34)31-9-2-3-10-31)5-4-6-15(20)27-16-11-18(28-22(33)13-7-8-13)29-30-19(16)21(25)32/h4-6,11-13H,2-3,7-10H2,1H3,(H2,25,32)(H2,27,28,29,33). The van der Waals surface area contributed by atoms with Gasteiger partial charge in [-0.25, -0.2) is 4.98 Å². The molecule has 1 aliphatic heterocycles. The Bertz CT molecular complexity index is 1330. The van der Waals surface area contributed by atoms with Crippen LogP contribution in [-0.2, 0) is 4.79 Å². The highest BCUT2D eigenvalue weighted by Gasteiger charge is 2.30. The number of amides is 3. The molecule has 3 heterocycles. The van der Waals surface area contributed by atoms with Crippen molar-refractivity contribution in [2.45, 2.75) is 25.7 Å². The van der Waals surface area contributed by atoms with Crippen LogP contribution in [0.3, 0.4) is 0 Å². The minimum absolute atomic E-state index is 0.0146. The van der Waals surface area contributed by atoms with E-state index in [1.54, 1.807) is 18.3 Å². The molecular formula is C24H25N7O4S. The first kappa shape index (κ1) is 23.7. The van der Waals surface area contributed by atoms with Crippen molar-refractivity contribution >= 4 is 46.3 Å². The van der Waals surface area contributed by atoms with Crippen molar-refractivity contribution in [3.8, 4) is 16.3 Å². The molecule has 3 amide bonds. The Morgan fingerprint density at radius 1 is 1.14 bits per heavy atom. The largest absolute Gasteiger partial charge is 0.494 e. The van der Waals surface area contributed by atoms with E-state index < -0.39 is 5.91 Å². The predicted molar refractivity (Wildman–Crippen MR) is 134 cm³/mol. The van der Waals surface area contributed by atoms with Gasteiger partial charge >= 0.3 is 0 Å². The number of hydrogen-bond acceptors (Lipinski definition) is 9. The van der Waals surface area contributed by atoms with Gasteiger partial charge in [-0.3, -0.25) is 14.4 Å². The number of ether oxygens (including phenoxy) is 1. The molecule has 0 atom stereocenters. The van der Waals surface area contributed by atoms with Crippen molar-refractivity contribution in [2.75, 3.05) is 30.8 Å². The number of benzene rings is 1. The van der Waals surface area contributed by atoms with Crippen molar-refractivity contribution in [1.29, 1.82) is 0 Å². The minimum atomic E-state index is -0.773. The molecule has 1 aromatic carbocycles. The van der Waals surface area contributed by atoms with Gasteiger partial charge in [0.15, 0.2) is 17.3 Å². The number of anilines is 3. The normalized spacial score (nSPS) is 15.0. The zero-order chi connectivity index (χ0) is 25.2. The van der Waals surface area contributed by atoms with E-state index >= 15 is 0 Å². The Balaban J connectivity index is 1.44. The molecule has 1 aliphatic carbocycles. The number of carbonyl (C=O) groups excluding carboxylic acids is 3. The van der Waals surface area contributed by atoms with E-state index in [0.29, 0.717) is 26.9 Å². The number of nitrogens with zero attached hydrogens (tertiary/aromatic N) is 4. The van der Waals surface area contributed by atoms with Gasteiger partial charge in [0.2, 0.25) is 5.91 Å². The van der Waals surface area contributed by atoms with Crippen LogP contribution >= 0.6 is 11.3 Å². The lowest BCUT2D eigenvalue weighted by atomic mass is 10.1. The summed E-state index contributed by atoms with van der Waals surface area (Å²) in [6.45, 7) is 1.53. The number of thiazole rings is 1. The highest BCUT2D eigenvalue weighted by molar-refractivity contribution is 7.17. The van der Waals surface area contributed by atoms with Crippen LogP contribution < -0.4 is 21.1 Å². The van der Waals surface area contributed by atoms with Crippen LogP contribution in [0.1, 0.15) is 45.8 Å². The first-order chi connectivity index (χ1) is 17.4. The van der Waals surface area contributed by atoms with E-state index in [-0.39, 0.29) is 34.9 Å². The van der Waals surface area contributed by atoms with Crippen molar-refractivity contribution in [3.05, 3.63) is 41.0 Å². The summed E-state index contributed by atoms with van der Waals surface area (Å²) < 4.78 is 5.69. The van der Waals surface area contributed by atoms with E-state index in [4.69, 9.17) is 10.5 Å². The van der Waals surface area contributed by atoms with Gasteiger partial charge in [-0.2, -0.15) is 0 Å². The SMILES string of the molecule is COc1c(Nc2cc(NC(=O)C3CC3)nnc2C(N)=O)cccc1-c1ncc(C(=O)N2CCCC2)s1. The second-order valence-corrected chi connectivity index (χ2v) is 9.69. The molecular weight excluding hydrogens is 482 g/mol. The summed E-state index contributed by atoms with van der Waals surface area (Å²) in [6.07, 6.45) is 5.31. The minimum Gasteiger partial charge on any atom is -0.494 e.